The predicted molar refractivity (Wildman–Crippen MR) is 77.8 cm³/mol. The number of nitrogens with zero attached hydrogens (tertiary/aromatic N) is 1. The molecule has 0 aromatic heterocycles. The average molecular weight is 247 g/mol. The first-order valence-corrected chi connectivity index (χ1v) is 6.57. The largest absolute Gasteiger partial charge is 0.384 e. The summed E-state index contributed by atoms with van der Waals surface area (Å²) in [6, 6.07) is 8.51. The molecular formula is C15H25N3. The fourth-order valence-corrected chi connectivity index (χ4v) is 1.95. The summed E-state index contributed by atoms with van der Waals surface area (Å²) in [5.41, 5.74) is 7.52. The maximum Gasteiger partial charge on any atom is 0.122 e. The minimum absolute atomic E-state index is 0.129. The molecule has 3 heteroatoms. The van der Waals surface area contributed by atoms with Crippen LogP contribution in [0.15, 0.2) is 24.3 Å². The first-order valence-electron chi connectivity index (χ1n) is 6.57. The summed E-state index contributed by atoms with van der Waals surface area (Å²) in [5.74, 6) is 0.799. The molecule has 0 radical (unpaired) electrons. The summed E-state index contributed by atoms with van der Waals surface area (Å²) in [4.78, 5) is 2.47. The summed E-state index contributed by atoms with van der Waals surface area (Å²) >= 11 is 0. The number of nitrogens with one attached hydrogen (secondary N) is 1. The molecule has 0 aliphatic rings. The Balaban J connectivity index is 2.72. The van der Waals surface area contributed by atoms with Gasteiger partial charge in [-0.2, -0.15) is 0 Å². The Morgan fingerprint density at radius 2 is 1.72 bits per heavy atom. The Morgan fingerprint density at radius 1 is 1.17 bits per heavy atom. The smallest absolute Gasteiger partial charge is 0.122 e. The van der Waals surface area contributed by atoms with Gasteiger partial charge in [0, 0.05) is 24.7 Å². The summed E-state index contributed by atoms with van der Waals surface area (Å²) in [7, 11) is 0. The van der Waals surface area contributed by atoms with Crippen molar-refractivity contribution in [3.05, 3.63) is 35.4 Å². The van der Waals surface area contributed by atoms with E-state index in [4.69, 9.17) is 11.1 Å². The minimum Gasteiger partial charge on any atom is -0.384 e. The first kappa shape index (κ1) is 14.7. The third kappa shape index (κ3) is 4.49. The molecule has 0 saturated carbocycles. The quantitative estimate of drug-likeness (QED) is 0.600. The highest BCUT2D eigenvalue weighted by molar-refractivity contribution is 5.94. The van der Waals surface area contributed by atoms with Crippen molar-refractivity contribution >= 4 is 5.84 Å². The number of amidine groups is 1. The van der Waals surface area contributed by atoms with E-state index >= 15 is 0 Å². The molecule has 0 aliphatic heterocycles. The van der Waals surface area contributed by atoms with Crippen LogP contribution in [0.2, 0.25) is 0 Å². The molecule has 0 heterocycles. The fourth-order valence-electron chi connectivity index (χ4n) is 1.95. The number of hydrogen-bond donors (Lipinski definition) is 2. The van der Waals surface area contributed by atoms with Crippen molar-refractivity contribution in [2.24, 2.45) is 11.7 Å². The van der Waals surface area contributed by atoms with Gasteiger partial charge in [-0.05, 0) is 25.3 Å². The van der Waals surface area contributed by atoms with E-state index in [0.717, 1.165) is 18.7 Å². The lowest BCUT2D eigenvalue weighted by Gasteiger charge is -2.28. The molecular weight excluding hydrogens is 222 g/mol. The Labute approximate surface area is 111 Å². The number of benzene rings is 1. The zero-order valence-electron chi connectivity index (χ0n) is 11.9. The highest BCUT2D eigenvalue weighted by Gasteiger charge is 2.11. The van der Waals surface area contributed by atoms with Gasteiger partial charge in [0.25, 0.3) is 0 Å². The van der Waals surface area contributed by atoms with Gasteiger partial charge in [0.05, 0.1) is 0 Å². The molecule has 1 rings (SSSR count). The maximum atomic E-state index is 7.38. The van der Waals surface area contributed by atoms with Gasteiger partial charge in [0.1, 0.15) is 5.84 Å². The van der Waals surface area contributed by atoms with Crippen molar-refractivity contribution in [2.75, 3.05) is 6.54 Å². The van der Waals surface area contributed by atoms with E-state index in [0.29, 0.717) is 12.0 Å². The van der Waals surface area contributed by atoms with Crippen LogP contribution in [0.4, 0.5) is 0 Å². The third-order valence-electron chi connectivity index (χ3n) is 2.98. The molecule has 0 spiro atoms. The Bertz CT molecular complexity index is 379. The molecule has 18 heavy (non-hydrogen) atoms. The number of hydrogen-bond acceptors (Lipinski definition) is 2. The zero-order valence-corrected chi connectivity index (χ0v) is 11.9. The van der Waals surface area contributed by atoms with Crippen LogP contribution in [0.3, 0.4) is 0 Å². The summed E-state index contributed by atoms with van der Waals surface area (Å²) in [6.07, 6.45) is 0. The van der Waals surface area contributed by atoms with E-state index in [1.807, 2.05) is 12.1 Å². The number of rotatable bonds is 6. The number of nitrogen functional groups attached to an aromatic ring is 1. The van der Waals surface area contributed by atoms with Gasteiger partial charge >= 0.3 is 0 Å². The normalized spacial score (nSPS) is 11.5. The zero-order chi connectivity index (χ0) is 13.7. The van der Waals surface area contributed by atoms with E-state index in [-0.39, 0.29) is 5.84 Å². The molecule has 3 nitrogen and oxygen atoms in total. The minimum atomic E-state index is 0.129. The van der Waals surface area contributed by atoms with Gasteiger partial charge in [-0.25, -0.2) is 0 Å². The Hall–Kier alpha value is -1.35. The molecule has 3 N–H and O–H groups in total. The van der Waals surface area contributed by atoms with E-state index in [1.165, 1.54) is 5.56 Å². The molecule has 0 bridgehead atoms. The van der Waals surface area contributed by atoms with Crippen molar-refractivity contribution < 1.29 is 0 Å². The molecule has 0 aliphatic carbocycles. The van der Waals surface area contributed by atoms with Crippen LogP contribution in [-0.2, 0) is 6.54 Å². The van der Waals surface area contributed by atoms with Crippen LogP contribution in [0.5, 0.6) is 0 Å². The molecule has 1 aromatic rings. The summed E-state index contributed by atoms with van der Waals surface area (Å²) < 4.78 is 0. The van der Waals surface area contributed by atoms with E-state index < -0.39 is 0 Å². The SMILES string of the molecule is CC(C)CN(Cc1ccc(C(=N)N)cc1)C(C)C. The van der Waals surface area contributed by atoms with Crippen molar-refractivity contribution in [1.29, 1.82) is 5.41 Å². The second kappa shape index (κ2) is 6.55. The van der Waals surface area contributed by atoms with Gasteiger partial charge in [0.15, 0.2) is 0 Å². The highest BCUT2D eigenvalue weighted by Crippen LogP contribution is 2.12. The second-order valence-electron chi connectivity index (χ2n) is 5.53. The van der Waals surface area contributed by atoms with Gasteiger partial charge in [-0.1, -0.05) is 38.1 Å². The topological polar surface area (TPSA) is 53.1 Å². The van der Waals surface area contributed by atoms with E-state index in [9.17, 15) is 0 Å². The lowest BCUT2D eigenvalue weighted by atomic mass is 10.1. The van der Waals surface area contributed by atoms with Crippen LogP contribution in [0.25, 0.3) is 0 Å². The van der Waals surface area contributed by atoms with Gasteiger partial charge < -0.3 is 5.73 Å². The van der Waals surface area contributed by atoms with E-state index in [1.54, 1.807) is 0 Å². The predicted octanol–water partition coefficient (Wildman–Crippen LogP) is 2.84. The van der Waals surface area contributed by atoms with Crippen molar-refractivity contribution in [3.63, 3.8) is 0 Å². The first-order chi connectivity index (χ1) is 8.40. The van der Waals surface area contributed by atoms with Crippen molar-refractivity contribution in [2.45, 2.75) is 40.3 Å². The lowest BCUT2D eigenvalue weighted by Crippen LogP contribution is -2.33. The maximum absolute atomic E-state index is 7.38. The summed E-state index contributed by atoms with van der Waals surface area (Å²) in [5, 5.41) is 7.38. The molecule has 0 unspecified atom stereocenters. The van der Waals surface area contributed by atoms with Gasteiger partial charge in [-0.3, -0.25) is 10.3 Å². The molecule has 0 amide bonds. The molecule has 0 saturated heterocycles. The highest BCUT2D eigenvalue weighted by atomic mass is 15.1. The van der Waals surface area contributed by atoms with Crippen LogP contribution in [0.1, 0.15) is 38.8 Å². The summed E-state index contributed by atoms with van der Waals surface area (Å²) in [6.45, 7) is 11.0. The standard InChI is InChI=1S/C15H25N3/c1-11(2)9-18(12(3)4)10-13-5-7-14(8-6-13)15(16)17/h5-8,11-12H,9-10H2,1-4H3,(H3,16,17). The molecule has 0 atom stereocenters. The van der Waals surface area contributed by atoms with Crippen LogP contribution in [0, 0.1) is 11.3 Å². The van der Waals surface area contributed by atoms with Crippen LogP contribution < -0.4 is 5.73 Å². The van der Waals surface area contributed by atoms with Crippen molar-refractivity contribution in [3.8, 4) is 0 Å². The van der Waals surface area contributed by atoms with Crippen LogP contribution in [-0.4, -0.2) is 23.3 Å². The Morgan fingerprint density at radius 3 is 2.11 bits per heavy atom. The third-order valence-corrected chi connectivity index (χ3v) is 2.98. The molecule has 0 fully saturated rings. The van der Waals surface area contributed by atoms with Gasteiger partial charge in [-0.15, -0.1) is 0 Å². The number of nitrogens with two attached hydrogens (primary N) is 1. The van der Waals surface area contributed by atoms with Gasteiger partial charge in [0.2, 0.25) is 0 Å². The van der Waals surface area contributed by atoms with E-state index in [2.05, 4.69) is 44.7 Å². The fraction of sp³-hybridized carbons (Fsp3) is 0.533. The van der Waals surface area contributed by atoms with Crippen molar-refractivity contribution in [1.82, 2.24) is 4.90 Å². The monoisotopic (exact) mass is 247 g/mol. The average Bonchev–Trinajstić information content (AvgIpc) is 2.28. The Kier molecular flexibility index (Phi) is 5.35. The van der Waals surface area contributed by atoms with Crippen LogP contribution >= 0.6 is 0 Å². The lowest BCUT2D eigenvalue weighted by molar-refractivity contribution is 0.189. The molecule has 1 aromatic carbocycles. The molecule has 100 valence electrons. The second-order valence-corrected chi connectivity index (χ2v) is 5.53.